The van der Waals surface area contributed by atoms with Crippen LogP contribution in [0.25, 0.3) is 0 Å². The molecule has 1 N–H and O–H groups in total. The van der Waals surface area contributed by atoms with Gasteiger partial charge in [0, 0.05) is 0 Å². The number of anilines is 1. The molecule has 2 aromatic rings. The zero-order valence-electron chi connectivity index (χ0n) is 12.6. The molecule has 1 heterocycles. The number of halogens is 3. The van der Waals surface area contributed by atoms with E-state index in [4.69, 9.17) is 16.3 Å². The minimum Gasteiger partial charge on any atom is -0.465 e. The standard InChI is InChI=1S/C15H10ClF2NO5S/c1-23-15(22)13-11(2-3-25-13)19-12(20)6-24-14(21)7-4-9(17)10(18)5-8(7)16/h2-5H,6H2,1H3,(H,19,20). The molecule has 0 radical (unpaired) electrons. The fourth-order valence-corrected chi connectivity index (χ4v) is 2.73. The molecule has 2 rings (SSSR count). The molecule has 0 atom stereocenters. The summed E-state index contributed by atoms with van der Waals surface area (Å²) in [5.74, 6) is -4.96. The van der Waals surface area contributed by atoms with Crippen LogP contribution < -0.4 is 5.32 Å². The van der Waals surface area contributed by atoms with Crippen LogP contribution in [0.3, 0.4) is 0 Å². The Bertz CT molecular complexity index is 839. The average molecular weight is 390 g/mol. The number of hydrogen-bond acceptors (Lipinski definition) is 6. The second-order valence-corrected chi connectivity index (χ2v) is 5.85. The first kappa shape index (κ1) is 18.8. The van der Waals surface area contributed by atoms with Crippen molar-refractivity contribution in [2.75, 3.05) is 19.0 Å². The maximum Gasteiger partial charge on any atom is 0.350 e. The highest BCUT2D eigenvalue weighted by molar-refractivity contribution is 7.12. The number of esters is 2. The van der Waals surface area contributed by atoms with Gasteiger partial charge in [-0.2, -0.15) is 0 Å². The molecule has 0 aliphatic heterocycles. The fourth-order valence-electron chi connectivity index (χ4n) is 1.73. The molecule has 10 heteroatoms. The van der Waals surface area contributed by atoms with E-state index in [9.17, 15) is 23.2 Å². The van der Waals surface area contributed by atoms with E-state index in [-0.39, 0.29) is 15.6 Å². The Labute approximate surface area is 149 Å². The number of methoxy groups -OCH3 is 1. The summed E-state index contributed by atoms with van der Waals surface area (Å²) < 4.78 is 35.4. The van der Waals surface area contributed by atoms with Crippen molar-refractivity contribution < 1.29 is 32.6 Å². The number of thiophene rings is 1. The monoisotopic (exact) mass is 389 g/mol. The molecular formula is C15H10ClF2NO5S. The Balaban J connectivity index is 1.99. The predicted molar refractivity (Wildman–Crippen MR) is 85.9 cm³/mol. The highest BCUT2D eigenvalue weighted by Gasteiger charge is 2.19. The van der Waals surface area contributed by atoms with Crippen molar-refractivity contribution in [3.8, 4) is 0 Å². The maximum absolute atomic E-state index is 13.2. The van der Waals surface area contributed by atoms with Crippen LogP contribution in [-0.4, -0.2) is 31.6 Å². The van der Waals surface area contributed by atoms with Gasteiger partial charge >= 0.3 is 11.9 Å². The van der Waals surface area contributed by atoms with Crippen molar-refractivity contribution >= 4 is 46.5 Å². The van der Waals surface area contributed by atoms with E-state index >= 15 is 0 Å². The molecule has 132 valence electrons. The lowest BCUT2D eigenvalue weighted by molar-refractivity contribution is -0.119. The zero-order valence-corrected chi connectivity index (χ0v) is 14.2. The molecule has 0 unspecified atom stereocenters. The second kappa shape index (κ2) is 8.04. The molecule has 0 saturated carbocycles. The number of rotatable bonds is 5. The molecule has 1 amide bonds. The van der Waals surface area contributed by atoms with Crippen LogP contribution in [0, 0.1) is 11.6 Å². The number of nitrogens with one attached hydrogen (secondary N) is 1. The molecule has 1 aromatic heterocycles. The van der Waals surface area contributed by atoms with Crippen LogP contribution in [0.5, 0.6) is 0 Å². The quantitative estimate of drug-likeness (QED) is 0.627. The lowest BCUT2D eigenvalue weighted by Gasteiger charge is -2.08. The minimum absolute atomic E-state index is 0.172. The maximum atomic E-state index is 13.2. The lowest BCUT2D eigenvalue weighted by Crippen LogP contribution is -2.22. The summed E-state index contributed by atoms with van der Waals surface area (Å²) in [4.78, 5) is 35.3. The molecule has 1 aromatic carbocycles. The van der Waals surface area contributed by atoms with Gasteiger partial charge in [-0.1, -0.05) is 11.6 Å². The van der Waals surface area contributed by atoms with Crippen molar-refractivity contribution in [3.63, 3.8) is 0 Å². The predicted octanol–water partition coefficient (Wildman–Crippen LogP) is 3.26. The summed E-state index contributed by atoms with van der Waals surface area (Å²) >= 11 is 6.70. The Kier molecular flexibility index (Phi) is 6.05. The molecule has 0 saturated heterocycles. The van der Waals surface area contributed by atoms with Gasteiger partial charge in [-0.25, -0.2) is 18.4 Å². The highest BCUT2D eigenvalue weighted by Crippen LogP contribution is 2.23. The minimum atomic E-state index is -1.28. The first-order chi connectivity index (χ1) is 11.8. The summed E-state index contributed by atoms with van der Waals surface area (Å²) in [5, 5.41) is 3.59. The SMILES string of the molecule is COC(=O)c1sccc1NC(=O)COC(=O)c1cc(F)c(F)cc1Cl. The number of carbonyl (C=O) groups is 3. The van der Waals surface area contributed by atoms with E-state index in [1.165, 1.54) is 13.2 Å². The van der Waals surface area contributed by atoms with Gasteiger partial charge in [0.25, 0.3) is 5.91 Å². The van der Waals surface area contributed by atoms with Gasteiger partial charge in [-0.05, 0) is 23.6 Å². The van der Waals surface area contributed by atoms with Crippen molar-refractivity contribution in [2.45, 2.75) is 0 Å². The Morgan fingerprint density at radius 2 is 1.88 bits per heavy atom. The first-order valence-corrected chi connectivity index (χ1v) is 7.86. The van der Waals surface area contributed by atoms with Crippen molar-refractivity contribution in [1.29, 1.82) is 0 Å². The van der Waals surface area contributed by atoms with Gasteiger partial charge in [-0.15, -0.1) is 11.3 Å². The van der Waals surface area contributed by atoms with Crippen LogP contribution in [-0.2, 0) is 14.3 Å². The molecule has 0 aliphatic rings. The molecule has 25 heavy (non-hydrogen) atoms. The van der Waals surface area contributed by atoms with Crippen LogP contribution >= 0.6 is 22.9 Å². The van der Waals surface area contributed by atoms with Crippen LogP contribution in [0.15, 0.2) is 23.6 Å². The molecule has 0 fully saturated rings. The summed E-state index contributed by atoms with van der Waals surface area (Å²) in [6, 6.07) is 2.68. The molecular weight excluding hydrogens is 380 g/mol. The van der Waals surface area contributed by atoms with E-state index in [0.717, 1.165) is 11.3 Å². The average Bonchev–Trinajstić information content (AvgIpc) is 3.03. The van der Waals surface area contributed by atoms with Crippen LogP contribution in [0.1, 0.15) is 20.0 Å². The second-order valence-electron chi connectivity index (χ2n) is 4.53. The van der Waals surface area contributed by atoms with E-state index in [0.29, 0.717) is 12.1 Å². The zero-order chi connectivity index (χ0) is 18.6. The van der Waals surface area contributed by atoms with E-state index in [1.807, 2.05) is 0 Å². The molecule has 0 bridgehead atoms. The number of hydrogen-bond donors (Lipinski definition) is 1. The largest absolute Gasteiger partial charge is 0.465 e. The van der Waals surface area contributed by atoms with E-state index in [1.54, 1.807) is 5.38 Å². The van der Waals surface area contributed by atoms with Crippen LogP contribution in [0.2, 0.25) is 5.02 Å². The number of carbonyl (C=O) groups excluding carboxylic acids is 3. The van der Waals surface area contributed by atoms with Crippen molar-refractivity contribution in [1.82, 2.24) is 0 Å². The third-order valence-corrected chi connectivity index (χ3v) is 4.08. The van der Waals surface area contributed by atoms with Crippen molar-refractivity contribution in [2.24, 2.45) is 0 Å². The Hall–Kier alpha value is -2.52. The number of amides is 1. The summed E-state index contributed by atoms with van der Waals surface area (Å²) in [6.45, 7) is -0.718. The summed E-state index contributed by atoms with van der Waals surface area (Å²) in [5.41, 5.74) is -0.220. The highest BCUT2D eigenvalue weighted by atomic mass is 35.5. The Morgan fingerprint density at radius 1 is 1.20 bits per heavy atom. The first-order valence-electron chi connectivity index (χ1n) is 6.60. The van der Waals surface area contributed by atoms with Gasteiger partial charge in [0.05, 0.1) is 23.4 Å². The topological polar surface area (TPSA) is 81.7 Å². The van der Waals surface area contributed by atoms with Gasteiger partial charge in [0.2, 0.25) is 0 Å². The van der Waals surface area contributed by atoms with Crippen LogP contribution in [0.4, 0.5) is 14.5 Å². The summed E-state index contributed by atoms with van der Waals surface area (Å²) in [7, 11) is 1.20. The number of benzene rings is 1. The number of ether oxygens (including phenoxy) is 2. The van der Waals surface area contributed by atoms with E-state index in [2.05, 4.69) is 10.1 Å². The molecule has 0 aliphatic carbocycles. The van der Waals surface area contributed by atoms with Gasteiger partial charge in [-0.3, -0.25) is 4.79 Å². The smallest absolute Gasteiger partial charge is 0.350 e. The summed E-state index contributed by atoms with van der Waals surface area (Å²) in [6.07, 6.45) is 0. The van der Waals surface area contributed by atoms with Gasteiger partial charge in [0.1, 0.15) is 4.88 Å². The Morgan fingerprint density at radius 3 is 2.56 bits per heavy atom. The van der Waals surface area contributed by atoms with Crippen molar-refractivity contribution in [3.05, 3.63) is 50.7 Å². The van der Waals surface area contributed by atoms with E-state index < -0.39 is 41.7 Å². The van der Waals surface area contributed by atoms with Gasteiger partial charge in [0.15, 0.2) is 18.2 Å². The third-order valence-electron chi connectivity index (χ3n) is 2.87. The lowest BCUT2D eigenvalue weighted by atomic mass is 10.2. The molecule has 6 nitrogen and oxygen atoms in total. The molecule has 0 spiro atoms. The fraction of sp³-hybridized carbons (Fsp3) is 0.133. The normalized spacial score (nSPS) is 10.2. The van der Waals surface area contributed by atoms with Gasteiger partial charge < -0.3 is 14.8 Å². The third kappa shape index (κ3) is 4.52.